The molecule has 0 atom stereocenters. The number of benzene rings is 1. The van der Waals surface area contributed by atoms with Crippen LogP contribution in [0, 0.1) is 0 Å². The highest BCUT2D eigenvalue weighted by atomic mass is 16.5. The van der Waals surface area contributed by atoms with Gasteiger partial charge in [0, 0.05) is 32.6 Å². The maximum atomic E-state index is 12.7. The smallest absolute Gasteiger partial charge is 0.306 e. The van der Waals surface area contributed by atoms with Gasteiger partial charge in [0.05, 0.1) is 26.2 Å². The number of ether oxygens (including phenoxy) is 2. The number of hydrogen-bond acceptors (Lipinski definition) is 5. The summed E-state index contributed by atoms with van der Waals surface area (Å²) < 4.78 is 9.81. The fourth-order valence-electron chi connectivity index (χ4n) is 2.83. The number of rotatable bonds is 5. The summed E-state index contributed by atoms with van der Waals surface area (Å²) in [4.78, 5) is 39.6. The predicted molar refractivity (Wildman–Crippen MR) is 91.3 cm³/mol. The molecule has 1 fully saturated rings. The molecular weight excluding hydrogens is 324 g/mol. The minimum Gasteiger partial charge on any atom is -0.496 e. The first-order valence-corrected chi connectivity index (χ1v) is 8.33. The van der Waals surface area contributed by atoms with Crippen LogP contribution in [0.2, 0.25) is 0 Å². The Morgan fingerprint density at radius 3 is 2.36 bits per heavy atom. The van der Waals surface area contributed by atoms with Crippen molar-refractivity contribution in [2.45, 2.75) is 19.3 Å². The Labute approximate surface area is 147 Å². The van der Waals surface area contributed by atoms with Crippen LogP contribution in [0.25, 0.3) is 0 Å². The number of methoxy groups -OCH3 is 2. The van der Waals surface area contributed by atoms with Gasteiger partial charge in [-0.1, -0.05) is 12.1 Å². The third kappa shape index (κ3) is 4.95. The lowest BCUT2D eigenvalue weighted by Gasteiger charge is -2.23. The van der Waals surface area contributed by atoms with Crippen LogP contribution in [-0.4, -0.2) is 68.0 Å². The molecule has 0 aromatic heterocycles. The molecule has 1 saturated heterocycles. The number of carbonyl (C=O) groups is 3. The summed E-state index contributed by atoms with van der Waals surface area (Å²) in [6.45, 7) is 2.08. The Morgan fingerprint density at radius 1 is 0.960 bits per heavy atom. The molecule has 1 aliphatic heterocycles. The third-order valence-electron chi connectivity index (χ3n) is 4.24. The van der Waals surface area contributed by atoms with Gasteiger partial charge in [-0.3, -0.25) is 14.4 Å². The first-order valence-electron chi connectivity index (χ1n) is 8.33. The van der Waals surface area contributed by atoms with Gasteiger partial charge in [0.1, 0.15) is 5.75 Å². The highest BCUT2D eigenvalue weighted by Gasteiger charge is 2.24. The van der Waals surface area contributed by atoms with E-state index in [9.17, 15) is 14.4 Å². The first kappa shape index (κ1) is 18.8. The lowest BCUT2D eigenvalue weighted by atomic mass is 10.1. The second-order valence-corrected chi connectivity index (χ2v) is 5.80. The Kier molecular flexibility index (Phi) is 6.80. The van der Waals surface area contributed by atoms with Crippen molar-refractivity contribution in [3.8, 4) is 5.75 Å². The summed E-state index contributed by atoms with van der Waals surface area (Å²) >= 11 is 0. The number of carbonyl (C=O) groups excluding carboxylic acids is 3. The average molecular weight is 348 g/mol. The topological polar surface area (TPSA) is 76.2 Å². The molecule has 7 heteroatoms. The van der Waals surface area contributed by atoms with E-state index in [0.29, 0.717) is 43.9 Å². The van der Waals surface area contributed by atoms with Crippen molar-refractivity contribution in [1.82, 2.24) is 9.80 Å². The summed E-state index contributed by atoms with van der Waals surface area (Å²) in [6, 6.07) is 7.12. The number of nitrogens with zero attached hydrogens (tertiary/aromatic N) is 2. The van der Waals surface area contributed by atoms with Crippen molar-refractivity contribution >= 4 is 17.8 Å². The second kappa shape index (κ2) is 9.05. The molecule has 0 saturated carbocycles. The van der Waals surface area contributed by atoms with E-state index < -0.39 is 5.97 Å². The van der Waals surface area contributed by atoms with E-state index in [-0.39, 0.29) is 24.7 Å². The summed E-state index contributed by atoms with van der Waals surface area (Å²) in [5.41, 5.74) is 0.524. The third-order valence-corrected chi connectivity index (χ3v) is 4.24. The molecule has 136 valence electrons. The van der Waals surface area contributed by atoms with Gasteiger partial charge in [0.2, 0.25) is 5.91 Å². The predicted octanol–water partition coefficient (Wildman–Crippen LogP) is 1.32. The average Bonchev–Trinajstić information content (AvgIpc) is 2.91. The standard InChI is InChI=1S/C18H24N2O5/c1-24-15-7-4-3-6-14(15)18(23)20-11-5-10-19(12-13-20)16(21)8-9-17(22)25-2/h3-4,6-7H,5,8-13H2,1-2H3. The van der Waals surface area contributed by atoms with Crippen LogP contribution >= 0.6 is 0 Å². The van der Waals surface area contributed by atoms with E-state index in [0.717, 1.165) is 0 Å². The molecule has 2 amide bonds. The van der Waals surface area contributed by atoms with Crippen molar-refractivity contribution in [3.05, 3.63) is 29.8 Å². The van der Waals surface area contributed by atoms with Gasteiger partial charge in [0.25, 0.3) is 5.91 Å². The lowest BCUT2D eigenvalue weighted by Crippen LogP contribution is -2.37. The minimum atomic E-state index is -0.392. The molecule has 7 nitrogen and oxygen atoms in total. The van der Waals surface area contributed by atoms with Gasteiger partial charge in [-0.05, 0) is 18.6 Å². The Bertz CT molecular complexity index is 632. The van der Waals surface area contributed by atoms with Gasteiger partial charge in [-0.15, -0.1) is 0 Å². The highest BCUT2D eigenvalue weighted by molar-refractivity contribution is 5.97. The SMILES string of the molecule is COC(=O)CCC(=O)N1CCCN(C(=O)c2ccccc2OC)CC1. The maximum Gasteiger partial charge on any atom is 0.306 e. The van der Waals surface area contributed by atoms with Crippen molar-refractivity contribution in [1.29, 1.82) is 0 Å². The van der Waals surface area contributed by atoms with E-state index >= 15 is 0 Å². The molecule has 0 aliphatic carbocycles. The van der Waals surface area contributed by atoms with Crippen LogP contribution in [0.5, 0.6) is 5.75 Å². The van der Waals surface area contributed by atoms with Crippen molar-refractivity contribution < 1.29 is 23.9 Å². The summed E-state index contributed by atoms with van der Waals surface area (Å²) in [5.74, 6) is -0.0304. The minimum absolute atomic E-state index is 0.0791. The first-order chi connectivity index (χ1) is 12.1. The zero-order valence-electron chi connectivity index (χ0n) is 14.7. The van der Waals surface area contributed by atoms with Crippen LogP contribution in [-0.2, 0) is 14.3 Å². The van der Waals surface area contributed by atoms with E-state index in [1.165, 1.54) is 14.2 Å². The summed E-state index contributed by atoms with van der Waals surface area (Å²) in [7, 11) is 2.84. The van der Waals surface area contributed by atoms with Crippen LogP contribution in [0.4, 0.5) is 0 Å². The van der Waals surface area contributed by atoms with E-state index in [1.807, 2.05) is 6.07 Å². The molecule has 0 unspecified atom stereocenters. The fraction of sp³-hybridized carbons (Fsp3) is 0.500. The van der Waals surface area contributed by atoms with E-state index in [4.69, 9.17) is 4.74 Å². The molecule has 0 spiro atoms. The van der Waals surface area contributed by atoms with Gasteiger partial charge >= 0.3 is 5.97 Å². The molecule has 1 heterocycles. The van der Waals surface area contributed by atoms with Crippen molar-refractivity contribution in [2.24, 2.45) is 0 Å². The van der Waals surface area contributed by atoms with Crippen molar-refractivity contribution in [3.63, 3.8) is 0 Å². The highest BCUT2D eigenvalue weighted by Crippen LogP contribution is 2.20. The molecule has 1 aromatic carbocycles. The molecule has 1 aromatic rings. The molecule has 2 rings (SSSR count). The maximum absolute atomic E-state index is 12.7. The normalized spacial score (nSPS) is 14.6. The fourth-order valence-corrected chi connectivity index (χ4v) is 2.83. The lowest BCUT2D eigenvalue weighted by molar-refractivity contribution is -0.143. The zero-order valence-corrected chi connectivity index (χ0v) is 14.7. The number of esters is 1. The van der Waals surface area contributed by atoms with Crippen LogP contribution in [0.15, 0.2) is 24.3 Å². The molecule has 0 bridgehead atoms. The Balaban J connectivity index is 1.95. The van der Waals surface area contributed by atoms with Crippen LogP contribution in [0.3, 0.4) is 0 Å². The van der Waals surface area contributed by atoms with Gasteiger partial charge < -0.3 is 19.3 Å². The zero-order chi connectivity index (χ0) is 18.2. The van der Waals surface area contributed by atoms with Gasteiger partial charge in [0.15, 0.2) is 0 Å². The molecule has 0 radical (unpaired) electrons. The summed E-state index contributed by atoms with van der Waals surface area (Å²) in [6.07, 6.45) is 0.910. The van der Waals surface area contributed by atoms with Gasteiger partial charge in [-0.2, -0.15) is 0 Å². The Morgan fingerprint density at radius 2 is 1.64 bits per heavy atom. The number of para-hydroxylation sites is 1. The molecular formula is C18H24N2O5. The quantitative estimate of drug-likeness (QED) is 0.750. The number of hydrogen-bond donors (Lipinski definition) is 0. The molecule has 1 aliphatic rings. The van der Waals surface area contributed by atoms with Crippen molar-refractivity contribution in [2.75, 3.05) is 40.4 Å². The number of amides is 2. The Hall–Kier alpha value is -2.57. The van der Waals surface area contributed by atoms with Crippen LogP contribution in [0.1, 0.15) is 29.6 Å². The van der Waals surface area contributed by atoms with E-state index in [1.54, 1.807) is 28.0 Å². The monoisotopic (exact) mass is 348 g/mol. The largest absolute Gasteiger partial charge is 0.496 e. The van der Waals surface area contributed by atoms with Crippen LogP contribution < -0.4 is 4.74 Å². The van der Waals surface area contributed by atoms with E-state index in [2.05, 4.69) is 4.74 Å². The van der Waals surface area contributed by atoms with Gasteiger partial charge in [-0.25, -0.2) is 0 Å². The molecule has 0 N–H and O–H groups in total. The second-order valence-electron chi connectivity index (χ2n) is 5.80. The molecule has 25 heavy (non-hydrogen) atoms. The summed E-state index contributed by atoms with van der Waals surface area (Å²) in [5, 5.41) is 0.